The summed E-state index contributed by atoms with van der Waals surface area (Å²) in [5, 5.41) is 34.8. The molecule has 3 saturated heterocycles. The number of nitrogens with zero attached hydrogens (tertiary/aromatic N) is 2. The summed E-state index contributed by atoms with van der Waals surface area (Å²) in [5.74, 6) is -3.36. The van der Waals surface area contributed by atoms with Crippen molar-refractivity contribution in [2.75, 3.05) is 45.8 Å². The number of halogens is 6. The summed E-state index contributed by atoms with van der Waals surface area (Å²) < 4.78 is 163. The van der Waals surface area contributed by atoms with Crippen molar-refractivity contribution < 1.29 is 70.9 Å². The number of likely N-dealkylation sites (tertiary alicyclic amines) is 2. The first-order chi connectivity index (χ1) is 57.6. The Labute approximate surface area is 707 Å². The topological polar surface area (TPSA) is 125 Å². The monoisotopic (exact) mass is 1690 g/mol. The van der Waals surface area contributed by atoms with E-state index >= 15 is 0 Å². The number of aliphatic carboxylic acids is 2. The zero-order valence-electron chi connectivity index (χ0n) is 80.4. The molecule has 9 nitrogen and oxygen atoms in total. The third kappa shape index (κ3) is 25.9. The molecule has 1 radical (unpaired) electrons. The Morgan fingerprint density at radius 3 is 1.14 bits per heavy atom. The smallest absolute Gasteiger partial charge is 0.303 e. The number of hydrogen-bond acceptors (Lipinski definition) is 7. The molecule has 0 amide bonds. The molecule has 3 fully saturated rings. The van der Waals surface area contributed by atoms with Crippen LogP contribution in [0, 0.1) is 15.3 Å². The molecule has 4 unspecified atom stereocenters. The number of benzene rings is 8. The Kier molecular flexibility index (Phi) is 25.8. The molecule has 5 N–H and O–H groups in total. The fourth-order valence-corrected chi connectivity index (χ4v) is 15.7. The van der Waals surface area contributed by atoms with Gasteiger partial charge in [0.05, 0.1) is 51.7 Å². The van der Waals surface area contributed by atoms with E-state index in [1.807, 2.05) is 67.7 Å². The van der Waals surface area contributed by atoms with Gasteiger partial charge in [-0.25, -0.2) is 0 Å². The van der Waals surface area contributed by atoms with Gasteiger partial charge in [0.2, 0.25) is 0 Å². The molecule has 15 rings (SSSR count). The maximum absolute atomic E-state index is 10.2. The van der Waals surface area contributed by atoms with E-state index in [1.54, 1.807) is 30.3 Å². The summed E-state index contributed by atoms with van der Waals surface area (Å²) in [6.45, 7) is 26.9. The molecule has 3 aliphatic heterocycles. The molecule has 7 aliphatic rings. The van der Waals surface area contributed by atoms with Gasteiger partial charge < -0.3 is 48.5 Å². The van der Waals surface area contributed by atoms with Crippen molar-refractivity contribution in [1.29, 1.82) is 0 Å². The molecular formula is C89H111Cl5IN4O5V-. The number of carboxylic acid groups (broad SMARTS) is 2. The summed E-state index contributed by atoms with van der Waals surface area (Å²) in [7, 11) is 0. The van der Waals surface area contributed by atoms with Gasteiger partial charge >= 0.3 is 11.9 Å². The van der Waals surface area contributed by atoms with Crippen LogP contribution in [0.5, 0.6) is 0 Å². The van der Waals surface area contributed by atoms with Crippen molar-refractivity contribution in [3.05, 3.63) is 285 Å². The molecule has 4 aliphatic carbocycles. The van der Waals surface area contributed by atoms with Gasteiger partial charge in [-0.15, -0.1) is 11.6 Å². The first-order valence-electron chi connectivity index (χ1n) is 45.1. The van der Waals surface area contributed by atoms with Crippen molar-refractivity contribution in [3.8, 4) is 0 Å². The molecule has 8 atom stereocenters. The molecule has 105 heavy (non-hydrogen) atoms. The summed E-state index contributed by atoms with van der Waals surface area (Å²) in [5.41, 5.74) is 9.62. The summed E-state index contributed by atoms with van der Waals surface area (Å²) in [6.07, 6.45) is 5.52. The number of hydrogen-bond donors (Lipinski definition) is 5. The number of rotatable bonds is 9. The van der Waals surface area contributed by atoms with Crippen LogP contribution < -0.4 is 10.6 Å². The Hall–Kier alpha value is -4.74. The molecular weight excluding hydrogens is 1560 g/mol. The van der Waals surface area contributed by atoms with Crippen LogP contribution >= 0.6 is 80.6 Å². The van der Waals surface area contributed by atoms with Crippen LogP contribution in [-0.2, 0) is 28.1 Å². The second kappa shape index (κ2) is 43.0. The average Bonchev–Trinajstić information content (AvgIpc) is 1.63. The van der Waals surface area contributed by atoms with E-state index in [1.165, 1.54) is 12.8 Å². The van der Waals surface area contributed by atoms with Crippen LogP contribution in [0.2, 0.25) is 20.1 Å². The van der Waals surface area contributed by atoms with E-state index in [9.17, 15) is 14.7 Å². The SMILES string of the molecule is C.CC.CC1(C)CNCCN1.C[CH-]I.O=C(O)CCC(=O)O.[2H]c1c([2H])c([2H])c(C2CC(Cl)c3cc(Cl)ccc32)c([2H])c1[2H].[2H]c1c([2H])c([2H])c(C2CC(O)c3cc(Cl)ccc32)c([2H])c1[2H].[2H]c1c([2H])c([2H])c([C@@H]2C[C@@H](N3CCCC(C)(C)C3)c3cc(Cl)ccc32)c([2H])c1[2H].[2H]c1c([2H])c([2H])c([C@H]2C[C@H](N3CCCC(C)(C)C3)c3cc(Cl)ccc32)c([2H])c1[2H].[V]. The van der Waals surface area contributed by atoms with E-state index in [4.69, 9.17) is 95.6 Å². The van der Waals surface area contributed by atoms with Crippen LogP contribution in [0.25, 0.3) is 0 Å². The number of carboxylic acids is 2. The normalized spacial score (nSPS) is 25.0. The van der Waals surface area contributed by atoms with Crippen LogP contribution in [0.15, 0.2) is 194 Å². The van der Waals surface area contributed by atoms with E-state index in [0.717, 1.165) is 97.6 Å². The Bertz CT molecular complexity index is 4770. The van der Waals surface area contributed by atoms with Gasteiger partial charge in [-0.2, -0.15) is 6.92 Å². The van der Waals surface area contributed by atoms with Crippen LogP contribution in [0.1, 0.15) is 275 Å². The summed E-state index contributed by atoms with van der Waals surface area (Å²) in [6, 6.07) is 17.3. The first kappa shape index (κ1) is 63.0. The number of piperazine rings is 1. The molecule has 565 valence electrons. The van der Waals surface area contributed by atoms with Gasteiger partial charge in [0, 0.05) is 113 Å². The first-order valence-corrected chi connectivity index (χ1v) is 38.3. The van der Waals surface area contributed by atoms with Crippen LogP contribution in [0.3, 0.4) is 0 Å². The maximum atomic E-state index is 10.2. The molecule has 0 bridgehead atoms. The standard InChI is InChI=1S/2C22H26ClN.C15H12Cl2.C15H13ClO.C6H14N2.C4H6O4.C2H4I.C2H6.CH4.V/c2*1-22(2)11-6-12-24(15-22)21-14-19(16-7-4-3-5-8-16)18-10-9-17(23)13-20(18)21;2*16-11-6-7-12-13(9-15(17)14(12)8-11)10-4-2-1-3-5-10;1-6(2)5-7-3-4-8-6;5-3(6)1-2-4(7)8;1-2-3;1-2;;/h2*3-5,7-10,13,19,21H,6,11-12,14-15H2,1-2H3;1-8,13,15H,9H2;1-8,13,15,17H,9H2;7-8H,3-5H2,1-2H3;1-2H2,(H,5,6)(H,7,8);2H,1H3;1-2H3;1H4;/q;;;;;;-1;;;/t2*19-,21+;;;;;;;;/m10......../s1/i2*3D,4D,5D,7D,8D;2*1D,2D,3D,4D,5D;;;;;;. The Morgan fingerprint density at radius 1 is 0.514 bits per heavy atom. The third-order valence-electron chi connectivity index (χ3n) is 19.2. The van der Waals surface area contributed by atoms with Crippen molar-refractivity contribution in [1.82, 2.24) is 20.4 Å². The molecule has 0 spiro atoms. The van der Waals surface area contributed by atoms with Gasteiger partial charge in [-0.1, -0.05) is 240 Å². The Balaban J connectivity index is 0.000000239. The van der Waals surface area contributed by atoms with E-state index in [-0.39, 0.29) is 212 Å². The van der Waals surface area contributed by atoms with E-state index in [2.05, 4.69) is 84.6 Å². The van der Waals surface area contributed by atoms with Crippen molar-refractivity contribution >= 4 is 92.5 Å². The van der Waals surface area contributed by atoms with Gasteiger partial charge in [0.25, 0.3) is 0 Å². The molecule has 16 heteroatoms. The number of nitrogens with one attached hydrogen (secondary N) is 2. The van der Waals surface area contributed by atoms with E-state index < -0.39 is 30.0 Å². The van der Waals surface area contributed by atoms with Crippen LogP contribution in [0.4, 0.5) is 0 Å². The average molecular weight is 1690 g/mol. The van der Waals surface area contributed by atoms with Gasteiger partial charge in [0.1, 0.15) is 0 Å². The fraction of sp³-hybridized carbons (Fsp3) is 0.427. The zero-order valence-corrected chi connectivity index (χ0v) is 67.7. The van der Waals surface area contributed by atoms with Crippen molar-refractivity contribution in [3.63, 3.8) is 0 Å². The second-order valence-electron chi connectivity index (χ2n) is 28.4. The minimum absolute atomic E-state index is 0. The number of piperidine rings is 2. The largest absolute Gasteiger partial charge is 0.481 e. The molecule has 0 aromatic heterocycles. The number of aliphatic hydroxyl groups excluding tert-OH is 1. The van der Waals surface area contributed by atoms with Gasteiger partial charge in [0.15, 0.2) is 0 Å². The Morgan fingerprint density at radius 2 is 0.829 bits per heavy atom. The minimum atomic E-state index is -1.08. The van der Waals surface area contributed by atoms with Crippen LogP contribution in [-0.4, -0.2) is 88.4 Å². The molecule has 3 heterocycles. The maximum Gasteiger partial charge on any atom is 0.303 e. The van der Waals surface area contributed by atoms with Crippen molar-refractivity contribution in [2.24, 2.45) is 10.8 Å². The molecule has 8 aromatic carbocycles. The molecule has 8 aromatic rings. The van der Waals surface area contributed by atoms with Gasteiger partial charge in [-0.05, 0) is 204 Å². The third-order valence-corrected chi connectivity index (χ3v) is 20.5. The number of aliphatic hydroxyl groups is 1. The second-order valence-corrected chi connectivity index (χ2v) is 31.9. The number of carbonyl (C=O) groups is 2. The summed E-state index contributed by atoms with van der Waals surface area (Å²) >= 11 is 33.1. The minimum Gasteiger partial charge on any atom is -0.481 e. The van der Waals surface area contributed by atoms with Crippen molar-refractivity contribution in [2.45, 2.75) is 187 Å². The molecule has 0 saturated carbocycles. The predicted octanol–water partition coefficient (Wildman–Crippen LogP) is 24.3. The fourth-order valence-electron chi connectivity index (χ4n) is 14.6. The number of alkyl halides is 1. The summed E-state index contributed by atoms with van der Waals surface area (Å²) in [4.78, 5) is 24.3. The van der Waals surface area contributed by atoms with Gasteiger partial charge in [-0.3, -0.25) is 23.8 Å². The quantitative estimate of drug-likeness (QED) is 0.0546. The zero-order chi connectivity index (χ0) is 91.8. The number of fused-ring (bicyclic) bond motifs is 4. The predicted molar refractivity (Wildman–Crippen MR) is 447 cm³/mol. The van der Waals surface area contributed by atoms with E-state index in [0.29, 0.717) is 67.1 Å².